The van der Waals surface area contributed by atoms with E-state index in [1.54, 1.807) is 0 Å². The second-order valence-corrected chi connectivity index (χ2v) is 5.17. The number of aliphatic hydroxyl groups is 1. The molecular formula is C9H17NOS. The van der Waals surface area contributed by atoms with Gasteiger partial charge in [0, 0.05) is 5.25 Å². The molecule has 12 heavy (non-hydrogen) atoms. The molecule has 0 aromatic rings. The van der Waals surface area contributed by atoms with Crippen molar-refractivity contribution < 1.29 is 5.11 Å². The minimum absolute atomic E-state index is 0.0111. The Kier molecular flexibility index (Phi) is 2.94. The Bertz CT molecular complexity index is 149. The average Bonchev–Trinajstić information content (AvgIpc) is 2.33. The van der Waals surface area contributed by atoms with Crippen molar-refractivity contribution in [1.29, 1.82) is 0 Å². The first-order valence-corrected chi connectivity index (χ1v) is 5.91. The lowest BCUT2D eigenvalue weighted by atomic mass is 10.1. The first-order chi connectivity index (χ1) is 5.86. The molecule has 1 heterocycles. The SMILES string of the molecule is OC1CCCC1SCC1CNC1. The molecule has 2 unspecified atom stereocenters. The molecule has 0 aromatic heterocycles. The Labute approximate surface area is 78.1 Å². The van der Waals surface area contributed by atoms with E-state index in [2.05, 4.69) is 5.32 Å². The summed E-state index contributed by atoms with van der Waals surface area (Å²) >= 11 is 1.99. The van der Waals surface area contributed by atoms with Gasteiger partial charge in [-0.2, -0.15) is 11.8 Å². The molecule has 1 aliphatic heterocycles. The van der Waals surface area contributed by atoms with Crippen molar-refractivity contribution in [3.63, 3.8) is 0 Å². The summed E-state index contributed by atoms with van der Waals surface area (Å²) < 4.78 is 0. The van der Waals surface area contributed by atoms with Crippen LogP contribution >= 0.6 is 11.8 Å². The third kappa shape index (κ3) is 1.95. The Morgan fingerprint density at radius 2 is 2.17 bits per heavy atom. The summed E-state index contributed by atoms with van der Waals surface area (Å²) in [5, 5.41) is 13.4. The number of hydrogen-bond donors (Lipinski definition) is 2. The fraction of sp³-hybridized carbons (Fsp3) is 1.00. The lowest BCUT2D eigenvalue weighted by Gasteiger charge is -2.28. The van der Waals surface area contributed by atoms with Crippen LogP contribution in [0.3, 0.4) is 0 Å². The fourth-order valence-corrected chi connectivity index (χ4v) is 3.27. The van der Waals surface area contributed by atoms with Crippen LogP contribution in [0.4, 0.5) is 0 Å². The summed E-state index contributed by atoms with van der Waals surface area (Å²) in [5.41, 5.74) is 0. The molecule has 0 aromatic carbocycles. The van der Waals surface area contributed by atoms with Crippen LogP contribution in [0.2, 0.25) is 0 Å². The fourth-order valence-electron chi connectivity index (χ4n) is 1.83. The summed E-state index contributed by atoms with van der Waals surface area (Å²) in [5.74, 6) is 2.12. The van der Waals surface area contributed by atoms with Crippen molar-refractivity contribution in [3.05, 3.63) is 0 Å². The topological polar surface area (TPSA) is 32.3 Å². The lowest BCUT2D eigenvalue weighted by molar-refractivity contribution is 0.188. The zero-order valence-electron chi connectivity index (χ0n) is 7.33. The van der Waals surface area contributed by atoms with Crippen molar-refractivity contribution in [1.82, 2.24) is 5.32 Å². The van der Waals surface area contributed by atoms with Crippen LogP contribution < -0.4 is 5.32 Å². The van der Waals surface area contributed by atoms with Gasteiger partial charge in [-0.1, -0.05) is 0 Å². The van der Waals surface area contributed by atoms with Gasteiger partial charge in [0.2, 0.25) is 0 Å². The van der Waals surface area contributed by atoms with Crippen LogP contribution in [0.15, 0.2) is 0 Å². The summed E-state index contributed by atoms with van der Waals surface area (Å²) in [4.78, 5) is 0. The second-order valence-electron chi connectivity index (χ2n) is 3.89. The summed E-state index contributed by atoms with van der Waals surface area (Å²) in [7, 11) is 0. The maximum absolute atomic E-state index is 9.56. The second kappa shape index (κ2) is 3.99. The van der Waals surface area contributed by atoms with Gasteiger partial charge in [-0.15, -0.1) is 0 Å². The van der Waals surface area contributed by atoms with E-state index in [-0.39, 0.29) is 6.10 Å². The molecule has 2 N–H and O–H groups in total. The van der Waals surface area contributed by atoms with Gasteiger partial charge in [-0.25, -0.2) is 0 Å². The van der Waals surface area contributed by atoms with Crippen molar-refractivity contribution in [2.24, 2.45) is 5.92 Å². The van der Waals surface area contributed by atoms with E-state index < -0.39 is 0 Å². The highest BCUT2D eigenvalue weighted by Crippen LogP contribution is 2.31. The van der Waals surface area contributed by atoms with E-state index in [1.165, 1.54) is 31.7 Å². The number of thioether (sulfide) groups is 1. The molecule has 1 aliphatic carbocycles. The van der Waals surface area contributed by atoms with Crippen LogP contribution in [-0.2, 0) is 0 Å². The number of nitrogens with one attached hydrogen (secondary N) is 1. The molecule has 2 atom stereocenters. The van der Waals surface area contributed by atoms with Gasteiger partial charge < -0.3 is 10.4 Å². The average molecular weight is 187 g/mol. The molecule has 0 amide bonds. The Morgan fingerprint density at radius 1 is 1.33 bits per heavy atom. The predicted molar refractivity (Wildman–Crippen MR) is 52.5 cm³/mol. The van der Waals surface area contributed by atoms with Crippen molar-refractivity contribution in [2.75, 3.05) is 18.8 Å². The van der Waals surface area contributed by atoms with E-state index in [0.29, 0.717) is 5.25 Å². The molecule has 2 fully saturated rings. The monoisotopic (exact) mass is 187 g/mol. The molecular weight excluding hydrogens is 170 g/mol. The van der Waals surface area contributed by atoms with Gasteiger partial charge in [-0.3, -0.25) is 0 Å². The molecule has 1 saturated carbocycles. The number of aliphatic hydroxyl groups excluding tert-OH is 1. The third-order valence-corrected chi connectivity index (χ3v) is 4.47. The van der Waals surface area contributed by atoms with Gasteiger partial charge in [0.15, 0.2) is 0 Å². The zero-order valence-corrected chi connectivity index (χ0v) is 8.15. The van der Waals surface area contributed by atoms with E-state index in [1.807, 2.05) is 11.8 Å². The summed E-state index contributed by atoms with van der Waals surface area (Å²) in [6.07, 6.45) is 3.47. The minimum Gasteiger partial charge on any atom is -0.392 e. The van der Waals surface area contributed by atoms with E-state index in [0.717, 1.165) is 12.3 Å². The van der Waals surface area contributed by atoms with Crippen LogP contribution in [0.25, 0.3) is 0 Å². The van der Waals surface area contributed by atoms with Gasteiger partial charge in [-0.05, 0) is 44.0 Å². The van der Waals surface area contributed by atoms with Crippen LogP contribution in [0.5, 0.6) is 0 Å². The largest absolute Gasteiger partial charge is 0.392 e. The molecule has 1 saturated heterocycles. The molecule has 0 bridgehead atoms. The quantitative estimate of drug-likeness (QED) is 0.687. The normalized spacial score (nSPS) is 36.8. The first-order valence-electron chi connectivity index (χ1n) is 4.86. The highest BCUT2D eigenvalue weighted by atomic mass is 32.2. The maximum Gasteiger partial charge on any atom is 0.0658 e. The standard InChI is InChI=1S/C9H17NOS/c11-8-2-1-3-9(8)12-6-7-4-10-5-7/h7-11H,1-6H2. The summed E-state index contributed by atoms with van der Waals surface area (Å²) in [6, 6.07) is 0. The Hall–Kier alpha value is 0.270. The highest BCUT2D eigenvalue weighted by Gasteiger charge is 2.27. The van der Waals surface area contributed by atoms with E-state index in [9.17, 15) is 5.11 Å². The first kappa shape index (κ1) is 8.85. The van der Waals surface area contributed by atoms with Gasteiger partial charge >= 0.3 is 0 Å². The smallest absolute Gasteiger partial charge is 0.0658 e. The van der Waals surface area contributed by atoms with Crippen molar-refractivity contribution in [3.8, 4) is 0 Å². The van der Waals surface area contributed by atoms with Gasteiger partial charge in [0.1, 0.15) is 0 Å². The van der Waals surface area contributed by atoms with E-state index >= 15 is 0 Å². The molecule has 2 nitrogen and oxygen atoms in total. The Balaban J connectivity index is 1.64. The number of rotatable bonds is 3. The number of hydrogen-bond acceptors (Lipinski definition) is 3. The molecule has 2 rings (SSSR count). The minimum atomic E-state index is -0.0111. The van der Waals surface area contributed by atoms with Crippen molar-refractivity contribution in [2.45, 2.75) is 30.6 Å². The molecule has 2 aliphatic rings. The van der Waals surface area contributed by atoms with Crippen LogP contribution in [0.1, 0.15) is 19.3 Å². The van der Waals surface area contributed by atoms with Gasteiger partial charge in [0.05, 0.1) is 6.10 Å². The maximum atomic E-state index is 9.56. The van der Waals surface area contributed by atoms with Crippen LogP contribution in [-0.4, -0.2) is 35.3 Å². The summed E-state index contributed by atoms with van der Waals surface area (Å²) in [6.45, 7) is 2.38. The van der Waals surface area contributed by atoms with Crippen molar-refractivity contribution >= 4 is 11.8 Å². The molecule has 0 spiro atoms. The van der Waals surface area contributed by atoms with Crippen LogP contribution in [0, 0.1) is 5.92 Å². The van der Waals surface area contributed by atoms with E-state index in [4.69, 9.17) is 0 Å². The Morgan fingerprint density at radius 3 is 2.67 bits per heavy atom. The highest BCUT2D eigenvalue weighted by molar-refractivity contribution is 7.99. The molecule has 0 radical (unpaired) electrons. The van der Waals surface area contributed by atoms with Gasteiger partial charge in [0.25, 0.3) is 0 Å². The molecule has 70 valence electrons. The predicted octanol–water partition coefficient (Wildman–Crippen LogP) is 0.852. The zero-order chi connectivity index (χ0) is 8.39. The molecule has 3 heteroatoms. The lowest BCUT2D eigenvalue weighted by Crippen LogP contribution is -2.43. The third-order valence-electron chi connectivity index (χ3n) is 2.83.